The standard InChI is InChI=1S/C40H39N9O14S3/c1-22-16-32(35(62-12-6-14-64(53,54)55)19-30(22)44-43-28-11-10-25(66(59,60)61)18-26(28)40(51)52)46-45-31-20-36(63-13-7-15-65(56,57)58)33(17-23(31)2)47-48-37-24(3)27(21-41)38-42-29-8-4-5-9-34(29)49(38)39(37)50/h5,9-11,16-20,50H,4,6-8,12-15H2,1-3H3,(H,51,52)(H,53,54,55)(H,56,57,58)(H,59,60,61). The number of carboxylic acid groups (broad SMARTS) is 1. The van der Waals surface area contributed by atoms with Gasteiger partial charge in [0.25, 0.3) is 30.4 Å². The van der Waals surface area contributed by atoms with Crippen LogP contribution in [0.4, 0.5) is 34.1 Å². The number of allylic oxidation sites excluding steroid dienone is 1. The van der Waals surface area contributed by atoms with Crippen LogP contribution in [0.2, 0.25) is 0 Å². The topological polar surface area (TPSA) is 354 Å². The molecule has 2 heterocycles. The van der Waals surface area contributed by atoms with Crippen LogP contribution in [0.25, 0.3) is 11.7 Å². The zero-order valence-corrected chi connectivity index (χ0v) is 37.5. The van der Waals surface area contributed by atoms with Crippen LogP contribution in [-0.4, -0.2) is 89.2 Å². The SMILES string of the molecule is Cc1cc(N=Nc2c(C)c(C#N)c3nc4c(n3c2O)C=CCC4)c(OCCCS(=O)(=O)O)cc1N=Nc1cc(C)c(N=Nc2ccc(S(=O)(=O)O)cc2C(=O)O)cc1OCCCS(=O)(=O)O. The third kappa shape index (κ3) is 11.6. The number of ether oxygens (including phenoxy) is 2. The number of carbonyl (C=O) groups is 1. The van der Waals surface area contributed by atoms with E-state index >= 15 is 0 Å². The molecule has 1 aliphatic rings. The van der Waals surface area contributed by atoms with Crippen LogP contribution in [0.15, 0.2) is 84.1 Å². The molecule has 5 N–H and O–H groups in total. The van der Waals surface area contributed by atoms with Gasteiger partial charge in [-0.05, 0) is 94.0 Å². The van der Waals surface area contributed by atoms with Crippen molar-refractivity contribution < 1.29 is 63.4 Å². The predicted octanol–water partition coefficient (Wildman–Crippen LogP) is 8.30. The van der Waals surface area contributed by atoms with E-state index in [2.05, 4.69) is 41.7 Å². The van der Waals surface area contributed by atoms with Gasteiger partial charge >= 0.3 is 5.97 Å². The number of azo groups is 3. The molecule has 66 heavy (non-hydrogen) atoms. The number of nitriles is 1. The molecular weight excluding hydrogens is 927 g/mol. The Kier molecular flexibility index (Phi) is 14.4. The van der Waals surface area contributed by atoms with E-state index in [1.54, 1.807) is 26.8 Å². The largest absolute Gasteiger partial charge is 0.493 e. The Morgan fingerprint density at radius 3 is 1.82 bits per heavy atom. The van der Waals surface area contributed by atoms with Crippen molar-refractivity contribution in [2.75, 3.05) is 24.7 Å². The minimum absolute atomic E-state index is 0.0166. The molecule has 0 radical (unpaired) electrons. The lowest BCUT2D eigenvalue weighted by molar-refractivity contribution is 0.0697. The predicted molar refractivity (Wildman–Crippen MR) is 235 cm³/mol. The van der Waals surface area contributed by atoms with Crippen molar-refractivity contribution in [2.45, 2.75) is 51.3 Å². The molecule has 6 rings (SSSR count). The van der Waals surface area contributed by atoms with Crippen LogP contribution in [-0.2, 0) is 36.8 Å². The number of hydrogen-bond acceptors (Lipinski definition) is 18. The van der Waals surface area contributed by atoms with Gasteiger partial charge in [0.1, 0.15) is 40.2 Å². The summed E-state index contributed by atoms with van der Waals surface area (Å²) in [5, 5.41) is 56.7. The summed E-state index contributed by atoms with van der Waals surface area (Å²) in [5.41, 5.74) is 2.45. The van der Waals surface area contributed by atoms with E-state index < -0.39 is 58.3 Å². The van der Waals surface area contributed by atoms with Gasteiger partial charge in [0.05, 0.1) is 57.9 Å². The third-order valence-corrected chi connectivity index (χ3v) is 12.2. The summed E-state index contributed by atoms with van der Waals surface area (Å²) >= 11 is 0. The number of aryl methyl sites for hydroxylation is 3. The van der Waals surface area contributed by atoms with Crippen molar-refractivity contribution in [3.63, 3.8) is 0 Å². The summed E-state index contributed by atoms with van der Waals surface area (Å²) < 4.78 is 110. The van der Waals surface area contributed by atoms with Crippen LogP contribution in [0.1, 0.15) is 63.3 Å². The number of aromatic nitrogens is 2. The summed E-state index contributed by atoms with van der Waals surface area (Å²) in [6.07, 6.45) is 4.78. The number of aromatic carboxylic acids is 1. The fraction of sp³-hybridized carbons (Fsp3) is 0.275. The monoisotopic (exact) mass is 965 g/mol. The molecule has 346 valence electrons. The lowest BCUT2D eigenvalue weighted by Gasteiger charge is -2.13. The maximum absolute atomic E-state index is 11.9. The molecule has 0 unspecified atom stereocenters. The molecule has 0 bridgehead atoms. The second-order valence-electron chi connectivity index (χ2n) is 14.6. The van der Waals surface area contributed by atoms with E-state index in [1.165, 1.54) is 28.7 Å². The molecule has 0 spiro atoms. The van der Waals surface area contributed by atoms with Crippen molar-refractivity contribution >= 4 is 82.2 Å². The van der Waals surface area contributed by atoms with Gasteiger partial charge < -0.3 is 19.7 Å². The van der Waals surface area contributed by atoms with Crippen LogP contribution < -0.4 is 9.47 Å². The summed E-state index contributed by atoms with van der Waals surface area (Å²) in [4.78, 5) is 15.8. The molecule has 2 aromatic heterocycles. The first-order chi connectivity index (χ1) is 31.0. The second-order valence-corrected chi connectivity index (χ2v) is 19.1. The lowest BCUT2D eigenvalue weighted by Crippen LogP contribution is -2.08. The van der Waals surface area contributed by atoms with Crippen molar-refractivity contribution in [1.29, 1.82) is 5.26 Å². The highest BCUT2D eigenvalue weighted by Crippen LogP contribution is 2.42. The number of imidazole rings is 1. The van der Waals surface area contributed by atoms with Gasteiger partial charge in [-0.1, -0.05) is 6.08 Å². The average Bonchev–Trinajstić information content (AvgIpc) is 3.62. The Labute approximate surface area is 376 Å². The number of carboxylic acids is 1. The highest BCUT2D eigenvalue weighted by molar-refractivity contribution is 7.86. The Morgan fingerprint density at radius 2 is 1.30 bits per heavy atom. The quantitative estimate of drug-likeness (QED) is 0.0313. The normalized spacial score (nSPS) is 13.2. The molecule has 0 amide bonds. The molecule has 5 aromatic rings. The van der Waals surface area contributed by atoms with E-state index in [9.17, 15) is 59.2 Å². The van der Waals surface area contributed by atoms with Crippen molar-refractivity contribution in [1.82, 2.24) is 9.38 Å². The van der Waals surface area contributed by atoms with Crippen LogP contribution in [0.5, 0.6) is 17.4 Å². The lowest BCUT2D eigenvalue weighted by atomic mass is 10.1. The van der Waals surface area contributed by atoms with Gasteiger partial charge in [0.2, 0.25) is 5.88 Å². The minimum Gasteiger partial charge on any atom is -0.493 e. The first-order valence-corrected chi connectivity index (χ1v) is 24.1. The molecule has 0 saturated carbocycles. The van der Waals surface area contributed by atoms with Crippen LogP contribution >= 0.6 is 0 Å². The zero-order valence-electron chi connectivity index (χ0n) is 35.0. The smallest absolute Gasteiger partial charge is 0.338 e. The van der Waals surface area contributed by atoms with E-state index in [1.807, 2.05) is 6.08 Å². The summed E-state index contributed by atoms with van der Waals surface area (Å²) in [6.45, 7) is 4.36. The van der Waals surface area contributed by atoms with Crippen molar-refractivity contribution in [3.05, 3.63) is 87.7 Å². The molecule has 0 saturated heterocycles. The van der Waals surface area contributed by atoms with E-state index in [4.69, 9.17) is 9.47 Å². The summed E-state index contributed by atoms with van der Waals surface area (Å²) in [6, 6.07) is 10.6. The minimum atomic E-state index is -4.74. The van der Waals surface area contributed by atoms with Gasteiger partial charge in [-0.15, -0.1) is 20.5 Å². The fourth-order valence-electron chi connectivity index (χ4n) is 6.47. The molecule has 26 heteroatoms. The van der Waals surface area contributed by atoms with E-state index in [0.29, 0.717) is 40.6 Å². The fourth-order valence-corrected chi connectivity index (χ4v) is 7.94. The number of benzene rings is 3. The zero-order chi connectivity index (χ0) is 48.1. The summed E-state index contributed by atoms with van der Waals surface area (Å²) in [7, 11) is -13.4. The van der Waals surface area contributed by atoms with Gasteiger partial charge in [-0.3, -0.25) is 18.1 Å². The summed E-state index contributed by atoms with van der Waals surface area (Å²) in [5.74, 6) is -3.12. The van der Waals surface area contributed by atoms with Gasteiger partial charge in [0.15, 0.2) is 11.3 Å². The number of rotatable bonds is 18. The number of fused-ring (bicyclic) bond motifs is 3. The first kappa shape index (κ1) is 48.4. The Hall–Kier alpha value is -7.02. The molecule has 0 fully saturated rings. The van der Waals surface area contributed by atoms with Gasteiger partial charge in [-0.25, -0.2) is 9.78 Å². The van der Waals surface area contributed by atoms with E-state index in [-0.39, 0.29) is 88.8 Å². The number of aromatic hydroxyl groups is 1. The number of hydrogen-bond donors (Lipinski definition) is 5. The molecule has 0 aliphatic heterocycles. The highest BCUT2D eigenvalue weighted by Gasteiger charge is 2.24. The molecule has 0 atom stereocenters. The van der Waals surface area contributed by atoms with Crippen LogP contribution in [0.3, 0.4) is 0 Å². The first-order valence-electron chi connectivity index (χ1n) is 19.4. The third-order valence-electron chi connectivity index (χ3n) is 9.75. The maximum atomic E-state index is 11.9. The second kappa shape index (κ2) is 19.6. The van der Waals surface area contributed by atoms with Crippen molar-refractivity contribution in [3.8, 4) is 23.4 Å². The van der Waals surface area contributed by atoms with Gasteiger partial charge in [0, 0.05) is 17.7 Å². The highest BCUT2D eigenvalue weighted by atomic mass is 32.2. The van der Waals surface area contributed by atoms with Gasteiger partial charge in [-0.2, -0.15) is 40.7 Å². The Morgan fingerprint density at radius 1 is 0.773 bits per heavy atom. The molecule has 3 aromatic carbocycles. The Bertz CT molecular complexity index is 3290. The molecular formula is C40H39N9O14S3. The van der Waals surface area contributed by atoms with E-state index in [0.717, 1.165) is 18.6 Å². The maximum Gasteiger partial charge on any atom is 0.338 e. The number of pyridine rings is 1. The Balaban J connectivity index is 1.39. The molecule has 1 aliphatic carbocycles. The average molecular weight is 966 g/mol. The molecule has 23 nitrogen and oxygen atoms in total. The van der Waals surface area contributed by atoms with Crippen molar-refractivity contribution in [2.24, 2.45) is 30.7 Å². The van der Waals surface area contributed by atoms with Crippen LogP contribution in [0, 0.1) is 32.1 Å². The number of nitrogens with zero attached hydrogens (tertiary/aromatic N) is 9.